The van der Waals surface area contributed by atoms with Gasteiger partial charge in [0.25, 0.3) is 0 Å². The van der Waals surface area contributed by atoms with Crippen LogP contribution >= 0.6 is 0 Å². The molecule has 0 aliphatic rings. The van der Waals surface area contributed by atoms with E-state index in [-0.39, 0.29) is 5.97 Å². The Balaban J connectivity index is 2.28. The van der Waals surface area contributed by atoms with Gasteiger partial charge in [-0.1, -0.05) is 64.5 Å². The molecular weight excluding hydrogens is 312 g/mol. The summed E-state index contributed by atoms with van der Waals surface area (Å²) in [6, 6.07) is 8.12. The first-order chi connectivity index (χ1) is 12.2. The summed E-state index contributed by atoms with van der Waals surface area (Å²) in [6.07, 6.45) is 12.7. The molecule has 0 aliphatic carbocycles. The van der Waals surface area contributed by atoms with Crippen LogP contribution in [0.2, 0.25) is 0 Å². The highest BCUT2D eigenvalue weighted by molar-refractivity contribution is 5.87. The van der Waals surface area contributed by atoms with Gasteiger partial charge in [0.1, 0.15) is 12.0 Å². The normalized spacial score (nSPS) is 11.4. The Morgan fingerprint density at radius 3 is 2.20 bits per heavy atom. The summed E-state index contributed by atoms with van der Waals surface area (Å²) in [5.74, 6) is 0.420. The second-order valence-electron chi connectivity index (χ2n) is 6.57. The van der Waals surface area contributed by atoms with Crippen molar-refractivity contribution in [2.75, 3.05) is 6.61 Å². The maximum atomic E-state index is 11.6. The molecule has 0 aromatic heterocycles. The van der Waals surface area contributed by atoms with Gasteiger partial charge in [0.2, 0.25) is 0 Å². The van der Waals surface area contributed by atoms with Gasteiger partial charge in [-0.25, -0.2) is 4.79 Å². The molecule has 1 aromatic carbocycles. The van der Waals surface area contributed by atoms with Gasteiger partial charge >= 0.3 is 5.97 Å². The van der Waals surface area contributed by atoms with Gasteiger partial charge in [-0.15, -0.1) is 0 Å². The zero-order chi connectivity index (χ0) is 18.3. The lowest BCUT2D eigenvalue weighted by Gasteiger charge is -2.06. The molecule has 0 N–H and O–H groups in total. The van der Waals surface area contributed by atoms with Crippen molar-refractivity contribution in [3.63, 3.8) is 0 Å². The molecule has 25 heavy (non-hydrogen) atoms. The summed E-state index contributed by atoms with van der Waals surface area (Å²) in [7, 11) is 0. The number of hydrogen-bond donors (Lipinski definition) is 0. The van der Waals surface area contributed by atoms with Crippen LogP contribution in [-0.2, 0) is 16.0 Å². The van der Waals surface area contributed by atoms with Crippen LogP contribution in [-0.4, -0.2) is 12.6 Å². The van der Waals surface area contributed by atoms with Gasteiger partial charge in [-0.2, -0.15) is 0 Å². The molecular formula is C22H34O3. The predicted octanol–water partition coefficient (Wildman–Crippen LogP) is 6.22. The smallest absolute Gasteiger partial charge is 0.336 e. The molecule has 0 amide bonds. The summed E-state index contributed by atoms with van der Waals surface area (Å²) in [5.41, 5.74) is 1.81. The van der Waals surface area contributed by atoms with Crippen molar-refractivity contribution in [2.45, 2.75) is 78.6 Å². The van der Waals surface area contributed by atoms with Gasteiger partial charge in [-0.05, 0) is 43.9 Å². The minimum atomic E-state index is -0.322. The van der Waals surface area contributed by atoms with E-state index in [4.69, 9.17) is 9.47 Å². The van der Waals surface area contributed by atoms with Crippen LogP contribution in [0.15, 0.2) is 36.1 Å². The third-order valence-corrected chi connectivity index (χ3v) is 4.12. The van der Waals surface area contributed by atoms with Crippen molar-refractivity contribution in [1.29, 1.82) is 0 Å². The van der Waals surface area contributed by atoms with Gasteiger partial charge in [0.05, 0.1) is 12.2 Å². The summed E-state index contributed by atoms with van der Waals surface area (Å²) in [6.45, 7) is 6.36. The van der Waals surface area contributed by atoms with Gasteiger partial charge in [-0.3, -0.25) is 0 Å². The fourth-order valence-electron chi connectivity index (χ4n) is 2.53. The van der Waals surface area contributed by atoms with Crippen molar-refractivity contribution in [1.82, 2.24) is 0 Å². The maximum Gasteiger partial charge on any atom is 0.336 e. The average Bonchev–Trinajstić information content (AvgIpc) is 2.64. The molecule has 0 unspecified atom stereocenters. The lowest BCUT2D eigenvalue weighted by Crippen LogP contribution is -2.07. The quantitative estimate of drug-likeness (QED) is 0.184. The predicted molar refractivity (Wildman–Crippen MR) is 104 cm³/mol. The highest BCUT2D eigenvalue weighted by Gasteiger charge is 2.05. The molecule has 0 aliphatic heterocycles. The average molecular weight is 347 g/mol. The highest BCUT2D eigenvalue weighted by Crippen LogP contribution is 2.16. The molecule has 0 saturated carbocycles. The fourth-order valence-corrected chi connectivity index (χ4v) is 2.53. The number of aryl methyl sites for hydroxylation is 1. The van der Waals surface area contributed by atoms with E-state index in [1.165, 1.54) is 56.8 Å². The number of hydrogen-bond acceptors (Lipinski definition) is 3. The van der Waals surface area contributed by atoms with Crippen LogP contribution in [0.3, 0.4) is 0 Å². The van der Waals surface area contributed by atoms with Gasteiger partial charge in [0, 0.05) is 0 Å². The number of rotatable bonds is 13. The monoisotopic (exact) mass is 346 g/mol. The molecule has 0 saturated heterocycles. The Morgan fingerprint density at radius 2 is 1.56 bits per heavy atom. The van der Waals surface area contributed by atoms with Crippen molar-refractivity contribution in [3.8, 4) is 5.75 Å². The van der Waals surface area contributed by atoms with Crippen molar-refractivity contribution < 1.29 is 14.3 Å². The summed E-state index contributed by atoms with van der Waals surface area (Å²) < 4.78 is 10.6. The number of esters is 1. The third-order valence-electron chi connectivity index (χ3n) is 4.12. The molecule has 0 bridgehead atoms. The Kier molecular flexibility index (Phi) is 11.5. The van der Waals surface area contributed by atoms with Crippen molar-refractivity contribution in [2.24, 2.45) is 0 Å². The molecule has 1 rings (SSSR count). The standard InChI is InChI=1S/C22H34O3/c1-4-6-7-8-9-10-11-12-20-13-15-21(16-14-20)25-18-19(3)22(23)24-17-5-2/h13-16,18H,4-12,17H2,1-3H3/b19-18+. The Labute approximate surface area is 153 Å². The largest absolute Gasteiger partial charge is 0.464 e. The highest BCUT2D eigenvalue weighted by atomic mass is 16.5. The van der Waals surface area contributed by atoms with E-state index >= 15 is 0 Å². The zero-order valence-electron chi connectivity index (χ0n) is 16.2. The van der Waals surface area contributed by atoms with E-state index < -0.39 is 0 Å². The minimum absolute atomic E-state index is 0.322. The van der Waals surface area contributed by atoms with E-state index in [1.54, 1.807) is 6.92 Å². The van der Waals surface area contributed by atoms with Crippen LogP contribution < -0.4 is 4.74 Å². The number of benzene rings is 1. The number of unbranched alkanes of at least 4 members (excludes halogenated alkanes) is 6. The van der Waals surface area contributed by atoms with Crippen LogP contribution in [0.4, 0.5) is 0 Å². The minimum Gasteiger partial charge on any atom is -0.464 e. The lowest BCUT2D eigenvalue weighted by atomic mass is 10.0. The topological polar surface area (TPSA) is 35.5 Å². The Hall–Kier alpha value is -1.77. The second-order valence-corrected chi connectivity index (χ2v) is 6.57. The summed E-state index contributed by atoms with van der Waals surface area (Å²) in [5, 5.41) is 0. The van der Waals surface area contributed by atoms with Crippen LogP contribution in [0.1, 0.15) is 77.7 Å². The zero-order valence-corrected chi connectivity index (χ0v) is 16.2. The molecule has 0 spiro atoms. The number of carbonyl (C=O) groups excluding carboxylic acids is 1. The molecule has 0 heterocycles. The molecule has 0 atom stereocenters. The lowest BCUT2D eigenvalue weighted by molar-refractivity contribution is -0.139. The fraction of sp³-hybridized carbons (Fsp3) is 0.591. The van der Waals surface area contributed by atoms with E-state index in [1.807, 2.05) is 19.1 Å². The van der Waals surface area contributed by atoms with Crippen LogP contribution in [0.5, 0.6) is 5.75 Å². The molecule has 0 fully saturated rings. The van der Waals surface area contributed by atoms with Crippen LogP contribution in [0.25, 0.3) is 0 Å². The molecule has 3 nitrogen and oxygen atoms in total. The maximum absolute atomic E-state index is 11.6. The van der Waals surface area contributed by atoms with E-state index in [9.17, 15) is 4.79 Å². The third kappa shape index (κ3) is 9.96. The SMILES string of the molecule is CCCCCCCCCc1ccc(O/C=C(\C)C(=O)OCCC)cc1. The first kappa shape index (κ1) is 21.3. The first-order valence-corrected chi connectivity index (χ1v) is 9.76. The Morgan fingerprint density at radius 1 is 0.920 bits per heavy atom. The summed E-state index contributed by atoms with van der Waals surface area (Å²) in [4.78, 5) is 11.6. The molecule has 1 aromatic rings. The molecule has 140 valence electrons. The van der Waals surface area contributed by atoms with E-state index in [0.717, 1.165) is 18.6 Å². The van der Waals surface area contributed by atoms with Gasteiger partial charge in [0.15, 0.2) is 0 Å². The van der Waals surface area contributed by atoms with Crippen molar-refractivity contribution >= 4 is 5.97 Å². The van der Waals surface area contributed by atoms with Crippen molar-refractivity contribution in [3.05, 3.63) is 41.7 Å². The Bertz CT molecular complexity index is 503. The van der Waals surface area contributed by atoms with E-state index in [0.29, 0.717) is 12.2 Å². The number of ether oxygens (including phenoxy) is 2. The van der Waals surface area contributed by atoms with Crippen LogP contribution in [0, 0.1) is 0 Å². The molecule has 0 radical (unpaired) electrons. The summed E-state index contributed by atoms with van der Waals surface area (Å²) >= 11 is 0. The molecule has 3 heteroatoms. The van der Waals surface area contributed by atoms with E-state index in [2.05, 4.69) is 19.1 Å². The van der Waals surface area contributed by atoms with Gasteiger partial charge < -0.3 is 9.47 Å². The second kappa shape index (κ2) is 13.5. The first-order valence-electron chi connectivity index (χ1n) is 9.76. The number of carbonyl (C=O) groups is 1.